The fourth-order valence-electron chi connectivity index (χ4n) is 3.06. The van der Waals surface area contributed by atoms with Crippen molar-refractivity contribution in [1.29, 1.82) is 0 Å². The van der Waals surface area contributed by atoms with E-state index in [9.17, 15) is 13.2 Å². The molecule has 0 aliphatic rings. The number of rotatable bonds is 8. The molecule has 0 saturated carbocycles. The molecule has 0 radical (unpaired) electrons. The van der Waals surface area contributed by atoms with Crippen LogP contribution in [0.4, 0.5) is 5.69 Å². The lowest BCUT2D eigenvalue weighted by molar-refractivity contribution is -0.130. The van der Waals surface area contributed by atoms with Gasteiger partial charge in [0.25, 0.3) is 0 Å². The first-order valence-corrected chi connectivity index (χ1v) is 11.2. The van der Waals surface area contributed by atoms with Gasteiger partial charge >= 0.3 is 0 Å². The molecule has 0 spiro atoms. The molecule has 0 saturated heterocycles. The highest BCUT2D eigenvalue weighted by molar-refractivity contribution is 7.92. The molecule has 0 aliphatic heterocycles. The number of amides is 1. The summed E-state index contributed by atoms with van der Waals surface area (Å²) in [5, 5.41) is 0. The fraction of sp³-hybridized carbons (Fsp3) is 0.174. The third-order valence-electron chi connectivity index (χ3n) is 4.51. The summed E-state index contributed by atoms with van der Waals surface area (Å²) >= 11 is 0. The number of anilines is 1. The Kier molecular flexibility index (Phi) is 6.67. The Hall–Kier alpha value is -3.12. The molecule has 0 unspecified atom stereocenters. The summed E-state index contributed by atoms with van der Waals surface area (Å²) < 4.78 is 25.9. The van der Waals surface area contributed by atoms with E-state index in [0.29, 0.717) is 18.8 Å². The third-order valence-corrected chi connectivity index (χ3v) is 5.65. The van der Waals surface area contributed by atoms with Crippen LogP contribution in [0.5, 0.6) is 0 Å². The van der Waals surface area contributed by atoms with Crippen LogP contribution in [-0.4, -0.2) is 32.0 Å². The molecule has 3 aromatic rings. The number of carbonyl (C=O) groups excluding carboxylic acids is 1. The van der Waals surface area contributed by atoms with Crippen LogP contribution in [0.3, 0.4) is 0 Å². The maximum atomic E-state index is 13.2. The van der Waals surface area contributed by atoms with Gasteiger partial charge in [-0.15, -0.1) is 0 Å². The van der Waals surface area contributed by atoms with Crippen LogP contribution in [0.1, 0.15) is 11.1 Å². The highest BCUT2D eigenvalue weighted by Crippen LogP contribution is 2.18. The average Bonchev–Trinajstić information content (AvgIpc) is 2.72. The van der Waals surface area contributed by atoms with E-state index in [-0.39, 0.29) is 12.5 Å². The smallest absolute Gasteiger partial charge is 0.243 e. The van der Waals surface area contributed by atoms with Gasteiger partial charge in [0.2, 0.25) is 15.9 Å². The van der Waals surface area contributed by atoms with Crippen LogP contribution in [0, 0.1) is 0 Å². The lowest BCUT2D eigenvalue weighted by atomic mass is 10.1. The van der Waals surface area contributed by atoms with Gasteiger partial charge < -0.3 is 4.90 Å². The van der Waals surface area contributed by atoms with Crippen molar-refractivity contribution in [2.45, 2.75) is 13.1 Å². The highest BCUT2D eigenvalue weighted by Gasteiger charge is 2.24. The van der Waals surface area contributed by atoms with Crippen LogP contribution in [0.25, 0.3) is 0 Å². The molecule has 1 amide bonds. The molecule has 6 heteroatoms. The summed E-state index contributed by atoms with van der Waals surface area (Å²) in [5.74, 6) is -0.257. The second-order valence-corrected chi connectivity index (χ2v) is 8.73. The summed E-state index contributed by atoms with van der Waals surface area (Å²) in [4.78, 5) is 14.9. The van der Waals surface area contributed by atoms with Gasteiger partial charge in [0.1, 0.15) is 6.54 Å². The quantitative estimate of drug-likeness (QED) is 0.571. The highest BCUT2D eigenvalue weighted by atomic mass is 32.2. The first kappa shape index (κ1) is 20.6. The predicted octanol–water partition coefficient (Wildman–Crippen LogP) is 3.68. The Bertz CT molecular complexity index is 982. The standard InChI is InChI=1S/C23H24N2O3S/c1-29(27,28)25(22-15-9-4-10-16-22)19-23(26)24(17-20-11-5-2-6-12-20)18-21-13-7-3-8-14-21/h2-16H,17-19H2,1H3. The zero-order chi connectivity index (χ0) is 20.7. The summed E-state index contributed by atoms with van der Waals surface area (Å²) in [6.07, 6.45) is 1.12. The molecule has 0 heterocycles. The number of carbonyl (C=O) groups is 1. The van der Waals surface area contributed by atoms with Gasteiger partial charge in [-0.2, -0.15) is 0 Å². The zero-order valence-electron chi connectivity index (χ0n) is 16.3. The molecule has 150 valence electrons. The topological polar surface area (TPSA) is 57.7 Å². The molecule has 0 aliphatic carbocycles. The number of hydrogen-bond acceptors (Lipinski definition) is 3. The monoisotopic (exact) mass is 408 g/mol. The lowest BCUT2D eigenvalue weighted by Gasteiger charge is -2.28. The molecule has 0 fully saturated rings. The minimum atomic E-state index is -3.61. The van der Waals surface area contributed by atoms with E-state index in [1.165, 1.54) is 0 Å². The first-order valence-electron chi connectivity index (χ1n) is 9.32. The molecule has 0 bridgehead atoms. The Balaban J connectivity index is 1.86. The van der Waals surface area contributed by atoms with Crippen molar-refractivity contribution in [3.05, 3.63) is 102 Å². The lowest BCUT2D eigenvalue weighted by Crippen LogP contribution is -2.42. The normalized spacial score (nSPS) is 11.1. The molecule has 3 aromatic carbocycles. The van der Waals surface area contributed by atoms with Crippen LogP contribution in [0.15, 0.2) is 91.0 Å². The average molecular weight is 409 g/mol. The van der Waals surface area contributed by atoms with Gasteiger partial charge in [-0.25, -0.2) is 8.42 Å². The maximum Gasteiger partial charge on any atom is 0.243 e. The van der Waals surface area contributed by atoms with Gasteiger partial charge in [0.05, 0.1) is 11.9 Å². The maximum absolute atomic E-state index is 13.2. The molecule has 0 aromatic heterocycles. The summed E-state index contributed by atoms with van der Waals surface area (Å²) in [5.41, 5.74) is 2.45. The Morgan fingerprint density at radius 1 is 0.724 bits per heavy atom. The van der Waals surface area contributed by atoms with Crippen LogP contribution in [0.2, 0.25) is 0 Å². The van der Waals surface area contributed by atoms with Crippen molar-refractivity contribution >= 4 is 21.6 Å². The van der Waals surface area contributed by atoms with Gasteiger partial charge in [0.15, 0.2) is 0 Å². The SMILES string of the molecule is CS(=O)(=O)N(CC(=O)N(Cc1ccccc1)Cc1ccccc1)c1ccccc1. The van der Waals surface area contributed by atoms with Crippen LogP contribution in [-0.2, 0) is 27.9 Å². The van der Waals surface area contributed by atoms with Gasteiger partial charge in [-0.1, -0.05) is 78.9 Å². The molecule has 0 N–H and O–H groups in total. The molecular weight excluding hydrogens is 384 g/mol. The van der Waals surface area contributed by atoms with E-state index in [2.05, 4.69) is 0 Å². The predicted molar refractivity (Wildman–Crippen MR) is 116 cm³/mol. The van der Waals surface area contributed by atoms with Crippen molar-refractivity contribution in [2.75, 3.05) is 17.1 Å². The molecule has 29 heavy (non-hydrogen) atoms. The second kappa shape index (κ2) is 9.39. The van der Waals surface area contributed by atoms with Crippen molar-refractivity contribution < 1.29 is 13.2 Å². The summed E-state index contributed by atoms with van der Waals surface area (Å²) in [7, 11) is -3.61. The van der Waals surface area contributed by atoms with Crippen molar-refractivity contribution in [3.63, 3.8) is 0 Å². The Morgan fingerprint density at radius 2 is 1.14 bits per heavy atom. The molecule has 5 nitrogen and oxygen atoms in total. The number of nitrogens with zero attached hydrogens (tertiary/aromatic N) is 2. The molecule has 3 rings (SSSR count). The van der Waals surface area contributed by atoms with Gasteiger partial charge in [-0.05, 0) is 23.3 Å². The van der Waals surface area contributed by atoms with E-state index >= 15 is 0 Å². The van der Waals surface area contributed by atoms with Crippen molar-refractivity contribution in [1.82, 2.24) is 4.90 Å². The molecule has 0 atom stereocenters. The first-order chi connectivity index (χ1) is 13.9. The summed E-state index contributed by atoms with van der Waals surface area (Å²) in [6, 6.07) is 28.1. The summed E-state index contributed by atoms with van der Waals surface area (Å²) in [6.45, 7) is 0.560. The number of benzene rings is 3. The van der Waals surface area contributed by atoms with Gasteiger partial charge in [-0.3, -0.25) is 9.10 Å². The number of sulfonamides is 1. The van der Waals surface area contributed by atoms with Crippen LogP contribution >= 0.6 is 0 Å². The second-order valence-electron chi connectivity index (χ2n) is 6.83. The van der Waals surface area contributed by atoms with E-state index in [4.69, 9.17) is 0 Å². The Labute approximate surface area is 172 Å². The van der Waals surface area contributed by atoms with E-state index in [0.717, 1.165) is 21.7 Å². The zero-order valence-corrected chi connectivity index (χ0v) is 17.1. The van der Waals surface area contributed by atoms with Gasteiger partial charge in [0, 0.05) is 13.1 Å². The van der Waals surface area contributed by atoms with E-state index in [1.807, 2.05) is 66.7 Å². The third kappa shape index (κ3) is 5.93. The van der Waals surface area contributed by atoms with E-state index < -0.39 is 10.0 Å². The molecular formula is C23H24N2O3S. The minimum Gasteiger partial charge on any atom is -0.332 e. The minimum absolute atomic E-state index is 0.248. The van der Waals surface area contributed by atoms with Crippen molar-refractivity contribution in [2.24, 2.45) is 0 Å². The van der Waals surface area contributed by atoms with Crippen molar-refractivity contribution in [3.8, 4) is 0 Å². The fourth-order valence-corrected chi connectivity index (χ4v) is 3.91. The Morgan fingerprint density at radius 3 is 1.55 bits per heavy atom. The van der Waals surface area contributed by atoms with E-state index in [1.54, 1.807) is 29.2 Å². The van der Waals surface area contributed by atoms with Crippen LogP contribution < -0.4 is 4.31 Å². The number of para-hydroxylation sites is 1. The largest absolute Gasteiger partial charge is 0.332 e. The number of hydrogen-bond donors (Lipinski definition) is 0.